The summed E-state index contributed by atoms with van der Waals surface area (Å²) in [5.74, 6) is -1.33. The molecule has 2 aromatic rings. The second-order valence-electron chi connectivity index (χ2n) is 6.82. The number of ether oxygens (including phenoxy) is 1. The normalized spacial score (nSPS) is 15.8. The molecule has 0 spiro atoms. The fourth-order valence-corrected chi connectivity index (χ4v) is 3.64. The van der Waals surface area contributed by atoms with Gasteiger partial charge in [0, 0.05) is 0 Å². The predicted molar refractivity (Wildman–Crippen MR) is 97.6 cm³/mol. The maximum Gasteiger partial charge on any atom is 0.418 e. The fraction of sp³-hybridized carbons (Fsp3) is 0.333. The minimum absolute atomic E-state index is 0.366. The maximum atomic E-state index is 13.0. The molecule has 0 radical (unpaired) electrons. The van der Waals surface area contributed by atoms with Crippen molar-refractivity contribution in [2.45, 2.75) is 37.3 Å². The number of para-hydroxylation sites is 1. The van der Waals surface area contributed by atoms with E-state index in [9.17, 15) is 22.8 Å². The molecular formula is C21H20F3NO3. The highest BCUT2D eigenvalue weighted by Crippen LogP contribution is 2.42. The standard InChI is InChI=1S/C21H20F3NO3/c22-21(23,24)16-10-4-5-11-17(16)25-18(26)14-28-19(27)20(12-6-7-13-20)15-8-2-1-3-9-15/h1-5,8-11H,6-7,12-14H2,(H,25,26). The third-order valence-corrected chi connectivity index (χ3v) is 5.02. The summed E-state index contributed by atoms with van der Waals surface area (Å²) in [6.07, 6.45) is -1.62. The first-order valence-electron chi connectivity index (χ1n) is 9.02. The number of carbonyl (C=O) groups is 2. The van der Waals surface area contributed by atoms with Crippen LogP contribution in [0, 0.1) is 0 Å². The smallest absolute Gasteiger partial charge is 0.418 e. The Balaban J connectivity index is 1.67. The van der Waals surface area contributed by atoms with Crippen LogP contribution in [0.25, 0.3) is 0 Å². The Bertz CT molecular complexity index is 843. The van der Waals surface area contributed by atoms with E-state index in [4.69, 9.17) is 4.74 Å². The van der Waals surface area contributed by atoms with Crippen LogP contribution in [0.2, 0.25) is 0 Å². The van der Waals surface area contributed by atoms with Crippen LogP contribution in [0.1, 0.15) is 36.8 Å². The lowest BCUT2D eigenvalue weighted by atomic mass is 9.79. The zero-order chi connectivity index (χ0) is 20.2. The molecular weight excluding hydrogens is 371 g/mol. The van der Waals surface area contributed by atoms with E-state index in [1.54, 1.807) is 0 Å². The Morgan fingerprint density at radius 2 is 1.57 bits per heavy atom. The lowest BCUT2D eigenvalue weighted by Crippen LogP contribution is -2.36. The summed E-state index contributed by atoms with van der Waals surface area (Å²) in [5.41, 5.74) is -1.29. The molecule has 28 heavy (non-hydrogen) atoms. The van der Waals surface area contributed by atoms with E-state index in [0.29, 0.717) is 12.8 Å². The van der Waals surface area contributed by atoms with Crippen molar-refractivity contribution in [1.82, 2.24) is 0 Å². The van der Waals surface area contributed by atoms with Gasteiger partial charge < -0.3 is 10.1 Å². The molecule has 148 valence electrons. The highest BCUT2D eigenvalue weighted by atomic mass is 19.4. The van der Waals surface area contributed by atoms with Crippen LogP contribution < -0.4 is 5.32 Å². The van der Waals surface area contributed by atoms with Crippen LogP contribution in [0.3, 0.4) is 0 Å². The molecule has 1 aliphatic carbocycles. The van der Waals surface area contributed by atoms with Gasteiger partial charge in [-0.3, -0.25) is 9.59 Å². The van der Waals surface area contributed by atoms with Crippen molar-refractivity contribution in [1.29, 1.82) is 0 Å². The van der Waals surface area contributed by atoms with Gasteiger partial charge in [0.1, 0.15) is 0 Å². The maximum absolute atomic E-state index is 13.0. The summed E-state index contributed by atoms with van der Waals surface area (Å²) in [5, 5.41) is 2.18. The van der Waals surface area contributed by atoms with E-state index < -0.39 is 35.6 Å². The minimum Gasteiger partial charge on any atom is -0.455 e. The van der Waals surface area contributed by atoms with Crippen LogP contribution in [0.5, 0.6) is 0 Å². The van der Waals surface area contributed by atoms with Crippen molar-refractivity contribution in [3.63, 3.8) is 0 Å². The number of halogens is 3. The number of rotatable bonds is 5. The van der Waals surface area contributed by atoms with Crippen LogP contribution in [0.15, 0.2) is 54.6 Å². The summed E-state index contributed by atoms with van der Waals surface area (Å²) >= 11 is 0. The van der Waals surface area contributed by atoms with Gasteiger partial charge in [-0.05, 0) is 30.5 Å². The summed E-state index contributed by atoms with van der Waals surface area (Å²) < 4.78 is 44.3. The van der Waals surface area contributed by atoms with Gasteiger partial charge in [-0.1, -0.05) is 55.3 Å². The molecule has 4 nitrogen and oxygen atoms in total. The van der Waals surface area contributed by atoms with Crippen LogP contribution >= 0.6 is 0 Å². The van der Waals surface area contributed by atoms with Gasteiger partial charge in [-0.15, -0.1) is 0 Å². The van der Waals surface area contributed by atoms with Crippen molar-refractivity contribution in [2.75, 3.05) is 11.9 Å². The zero-order valence-electron chi connectivity index (χ0n) is 15.1. The van der Waals surface area contributed by atoms with E-state index in [0.717, 1.165) is 30.5 Å². The third kappa shape index (κ3) is 4.18. The fourth-order valence-electron chi connectivity index (χ4n) is 3.64. The van der Waals surface area contributed by atoms with Gasteiger partial charge in [0.2, 0.25) is 0 Å². The molecule has 1 N–H and O–H groups in total. The lowest BCUT2D eigenvalue weighted by molar-refractivity contribution is -0.153. The first-order chi connectivity index (χ1) is 13.3. The first kappa shape index (κ1) is 19.9. The van der Waals surface area contributed by atoms with E-state index in [1.807, 2.05) is 30.3 Å². The van der Waals surface area contributed by atoms with E-state index in [2.05, 4.69) is 5.32 Å². The molecule has 1 fully saturated rings. The molecule has 1 saturated carbocycles. The number of nitrogens with one attached hydrogen (secondary N) is 1. The molecule has 0 bridgehead atoms. The number of hydrogen-bond donors (Lipinski definition) is 1. The molecule has 0 heterocycles. The molecule has 3 rings (SSSR count). The van der Waals surface area contributed by atoms with Crippen molar-refractivity contribution < 1.29 is 27.5 Å². The number of anilines is 1. The summed E-state index contributed by atoms with van der Waals surface area (Å²) in [7, 11) is 0. The Labute approximate surface area is 160 Å². The third-order valence-electron chi connectivity index (χ3n) is 5.02. The van der Waals surface area contributed by atoms with Gasteiger partial charge >= 0.3 is 12.1 Å². The van der Waals surface area contributed by atoms with Gasteiger partial charge in [-0.2, -0.15) is 13.2 Å². The number of carbonyl (C=O) groups excluding carboxylic acids is 2. The van der Waals surface area contributed by atoms with Crippen LogP contribution in [-0.2, 0) is 25.9 Å². The largest absolute Gasteiger partial charge is 0.455 e. The van der Waals surface area contributed by atoms with Gasteiger partial charge in [0.05, 0.1) is 16.7 Å². The summed E-state index contributed by atoms with van der Waals surface area (Å²) in [6.45, 7) is -0.639. The number of benzene rings is 2. The monoisotopic (exact) mass is 391 g/mol. The molecule has 0 aliphatic heterocycles. The van der Waals surface area contributed by atoms with Crippen molar-refractivity contribution in [2.24, 2.45) is 0 Å². The average Bonchev–Trinajstić information content (AvgIpc) is 3.17. The second-order valence-corrected chi connectivity index (χ2v) is 6.82. The molecule has 0 saturated heterocycles. The molecule has 0 unspecified atom stereocenters. The van der Waals surface area contributed by atoms with Crippen LogP contribution in [0.4, 0.5) is 18.9 Å². The minimum atomic E-state index is -4.60. The number of alkyl halides is 3. The molecule has 0 atom stereocenters. The number of esters is 1. The van der Waals surface area contributed by atoms with Crippen LogP contribution in [-0.4, -0.2) is 18.5 Å². The topological polar surface area (TPSA) is 55.4 Å². The Morgan fingerprint density at radius 3 is 2.21 bits per heavy atom. The van der Waals surface area contributed by atoms with Gasteiger partial charge in [-0.25, -0.2) is 0 Å². The average molecular weight is 391 g/mol. The lowest BCUT2D eigenvalue weighted by Gasteiger charge is -2.27. The van der Waals surface area contributed by atoms with Gasteiger partial charge in [0.25, 0.3) is 5.91 Å². The molecule has 0 aromatic heterocycles. The Hall–Kier alpha value is -2.83. The van der Waals surface area contributed by atoms with Crippen molar-refractivity contribution >= 4 is 17.6 Å². The van der Waals surface area contributed by atoms with E-state index in [-0.39, 0.29) is 5.69 Å². The zero-order valence-corrected chi connectivity index (χ0v) is 15.1. The summed E-state index contributed by atoms with van der Waals surface area (Å²) in [4.78, 5) is 24.9. The molecule has 1 aliphatic rings. The molecule has 1 amide bonds. The number of hydrogen-bond acceptors (Lipinski definition) is 3. The quantitative estimate of drug-likeness (QED) is 0.752. The Kier molecular flexibility index (Phi) is 5.72. The summed E-state index contributed by atoms with van der Waals surface area (Å²) in [6, 6.07) is 13.9. The highest BCUT2D eigenvalue weighted by molar-refractivity contribution is 5.94. The number of amides is 1. The predicted octanol–water partition coefficient (Wildman–Crippen LogP) is 4.70. The van der Waals surface area contributed by atoms with Crippen molar-refractivity contribution in [3.05, 3.63) is 65.7 Å². The second kappa shape index (κ2) is 8.04. The Morgan fingerprint density at radius 1 is 0.964 bits per heavy atom. The van der Waals surface area contributed by atoms with Gasteiger partial charge in [0.15, 0.2) is 6.61 Å². The van der Waals surface area contributed by atoms with E-state index >= 15 is 0 Å². The van der Waals surface area contributed by atoms with E-state index in [1.165, 1.54) is 12.1 Å². The molecule has 7 heteroatoms. The SMILES string of the molecule is O=C(COC(=O)C1(c2ccccc2)CCCC1)Nc1ccccc1C(F)(F)F. The van der Waals surface area contributed by atoms with Crippen molar-refractivity contribution in [3.8, 4) is 0 Å². The molecule has 2 aromatic carbocycles. The highest BCUT2D eigenvalue weighted by Gasteiger charge is 2.44. The first-order valence-corrected chi connectivity index (χ1v) is 9.02.